The molecule has 610 valence electrons. The number of phosphoric ester groups is 2. The zero-order chi connectivity index (χ0) is 76.6. The smallest absolute Gasteiger partial charge is 0.463 e. The molecule has 5 atom stereocenters. The summed E-state index contributed by atoms with van der Waals surface area (Å²) in [6.07, 6.45) is 93.0. The SMILES string of the molecule is CCCCC/C=C\C/C=C\C/C=C\C/C=C\CCCCCCCCCCCCCCCC(=O)OCC(O)COP(=O)(O)OCC(O)COP(=O)(O)OCC(COC(=O)CCCCCCCCCCC/C=C\C/C=C\C/C=C\C/C=C\CCCCC)OC(=O)CCCCCCCCCCCCCCCCC. The third-order valence-electron chi connectivity index (χ3n) is 18.3. The number of hydrogen-bond acceptors (Lipinski definition) is 14. The maximum absolute atomic E-state index is 13.0. The summed E-state index contributed by atoms with van der Waals surface area (Å²) in [6, 6.07) is 0. The predicted octanol–water partition coefficient (Wildman–Crippen LogP) is 25.3. The summed E-state index contributed by atoms with van der Waals surface area (Å²) in [7, 11) is -9.79. The standard InChI is InChI=1S/C87H156O16P2/c1-4-7-10-13-16-19-22-25-28-30-32-34-36-38-39-40-41-43-45-46-48-50-53-55-58-61-64-67-70-73-85(90)97-76-82(88)77-99-104(93,94)100-78-83(89)79-101-105(95,96)102-81-84(103-87(92)75-72-69-66-63-60-57-52-27-24-21-18-15-12-9-6-3)80-98-86(91)74-71-68-65-62-59-56-54-51-49-47-44-42-37-35-33-31-29-26-23-20-17-14-11-8-5-2/h16-17,19-20,25-26,28-29,32-35,38-39,42,44,82-84,88-89H,4-15,18,21-24,27,30-31,36-37,40-41,43,45-81H2,1-3H3,(H,93,94)(H,95,96)/b19-16-,20-17-,28-25-,29-26-,34-32-,35-33-,39-38-,44-42-. The lowest BCUT2D eigenvalue weighted by atomic mass is 10.0. The second-order valence-corrected chi connectivity index (χ2v) is 31.5. The van der Waals surface area contributed by atoms with Crippen molar-refractivity contribution in [1.82, 2.24) is 0 Å². The van der Waals surface area contributed by atoms with Gasteiger partial charge in [0.05, 0.1) is 26.4 Å². The zero-order valence-electron chi connectivity index (χ0n) is 66.9. The Balaban J connectivity index is 4.51. The lowest BCUT2D eigenvalue weighted by Crippen LogP contribution is -2.30. The fourth-order valence-electron chi connectivity index (χ4n) is 11.8. The molecule has 0 aromatic heterocycles. The van der Waals surface area contributed by atoms with Gasteiger partial charge in [0, 0.05) is 19.3 Å². The summed E-state index contributed by atoms with van der Waals surface area (Å²) in [5.74, 6) is -1.56. The molecule has 0 saturated heterocycles. The first kappa shape index (κ1) is 101. The lowest BCUT2D eigenvalue weighted by molar-refractivity contribution is -0.161. The Morgan fingerprint density at radius 3 is 0.771 bits per heavy atom. The highest BCUT2D eigenvalue weighted by Gasteiger charge is 2.29. The minimum atomic E-state index is -4.93. The number of aliphatic hydroxyl groups excluding tert-OH is 2. The van der Waals surface area contributed by atoms with Crippen molar-refractivity contribution in [1.29, 1.82) is 0 Å². The average molecular weight is 1520 g/mol. The van der Waals surface area contributed by atoms with Gasteiger partial charge in [-0.25, -0.2) is 9.13 Å². The first-order valence-corrected chi connectivity index (χ1v) is 45.5. The van der Waals surface area contributed by atoms with E-state index in [1.165, 1.54) is 199 Å². The van der Waals surface area contributed by atoms with Crippen molar-refractivity contribution in [3.05, 3.63) is 97.2 Å². The van der Waals surface area contributed by atoms with Gasteiger partial charge < -0.3 is 34.2 Å². The minimum Gasteiger partial charge on any atom is -0.463 e. The molecule has 0 aliphatic heterocycles. The van der Waals surface area contributed by atoms with Gasteiger partial charge in [-0.3, -0.25) is 32.5 Å². The van der Waals surface area contributed by atoms with Gasteiger partial charge in [0.15, 0.2) is 6.10 Å². The van der Waals surface area contributed by atoms with Crippen LogP contribution in [0.1, 0.15) is 380 Å². The predicted molar refractivity (Wildman–Crippen MR) is 436 cm³/mol. The number of phosphoric acid groups is 2. The summed E-state index contributed by atoms with van der Waals surface area (Å²) in [4.78, 5) is 58.8. The van der Waals surface area contributed by atoms with Crippen molar-refractivity contribution in [2.45, 2.75) is 399 Å². The number of allylic oxidation sites excluding steroid dienone is 16. The van der Waals surface area contributed by atoms with Crippen molar-refractivity contribution in [2.24, 2.45) is 0 Å². The molecule has 0 aromatic carbocycles. The number of unbranched alkanes of at least 4 members (excludes halogenated alkanes) is 42. The molecule has 105 heavy (non-hydrogen) atoms. The van der Waals surface area contributed by atoms with Gasteiger partial charge in [-0.05, 0) is 109 Å². The van der Waals surface area contributed by atoms with E-state index in [0.717, 1.165) is 122 Å². The third-order valence-corrected chi connectivity index (χ3v) is 20.2. The first-order chi connectivity index (χ1) is 51.2. The molecule has 0 bridgehead atoms. The van der Waals surface area contributed by atoms with Gasteiger partial charge in [-0.1, -0.05) is 349 Å². The highest BCUT2D eigenvalue weighted by atomic mass is 31.2. The molecule has 0 fully saturated rings. The molecule has 0 rings (SSSR count). The van der Waals surface area contributed by atoms with Crippen LogP contribution in [0, 0.1) is 0 Å². The van der Waals surface area contributed by atoms with Crippen LogP contribution in [0.4, 0.5) is 0 Å². The number of ether oxygens (including phenoxy) is 3. The molecule has 0 heterocycles. The Morgan fingerprint density at radius 2 is 0.476 bits per heavy atom. The Labute approximate surface area is 641 Å². The molecular formula is C87H156O16P2. The van der Waals surface area contributed by atoms with Gasteiger partial charge >= 0.3 is 33.6 Å². The zero-order valence-corrected chi connectivity index (χ0v) is 68.7. The van der Waals surface area contributed by atoms with Crippen molar-refractivity contribution in [2.75, 3.05) is 39.6 Å². The topological polar surface area (TPSA) is 231 Å². The molecule has 0 saturated carbocycles. The number of carbonyl (C=O) groups excluding carboxylic acids is 3. The van der Waals surface area contributed by atoms with Crippen LogP contribution in [0.3, 0.4) is 0 Å². The van der Waals surface area contributed by atoms with E-state index in [0.29, 0.717) is 19.3 Å². The fraction of sp³-hybridized carbons (Fsp3) is 0.782. The van der Waals surface area contributed by atoms with Gasteiger partial charge in [0.1, 0.15) is 25.4 Å². The van der Waals surface area contributed by atoms with E-state index in [2.05, 4.69) is 118 Å². The Kier molecular flexibility index (Phi) is 77.3. The minimum absolute atomic E-state index is 0.108. The normalized spacial score (nSPS) is 14.4. The van der Waals surface area contributed by atoms with Crippen LogP contribution in [0.25, 0.3) is 0 Å². The molecule has 18 heteroatoms. The van der Waals surface area contributed by atoms with E-state index in [4.69, 9.17) is 32.3 Å². The van der Waals surface area contributed by atoms with E-state index in [9.17, 15) is 43.5 Å². The summed E-state index contributed by atoms with van der Waals surface area (Å²) >= 11 is 0. The number of aliphatic hydroxyl groups is 2. The average Bonchev–Trinajstić information content (AvgIpc) is 0.913. The second-order valence-electron chi connectivity index (χ2n) is 28.6. The van der Waals surface area contributed by atoms with Gasteiger partial charge in [-0.15, -0.1) is 0 Å². The summed E-state index contributed by atoms with van der Waals surface area (Å²) in [5.41, 5.74) is 0. The molecule has 0 aliphatic carbocycles. The highest BCUT2D eigenvalue weighted by Crippen LogP contribution is 2.45. The Hall–Kier alpha value is -3.53. The van der Waals surface area contributed by atoms with Crippen LogP contribution in [-0.2, 0) is 55.8 Å². The summed E-state index contributed by atoms with van der Waals surface area (Å²) < 4.78 is 61.3. The van der Waals surface area contributed by atoms with E-state index >= 15 is 0 Å². The Morgan fingerprint density at radius 1 is 0.267 bits per heavy atom. The maximum atomic E-state index is 13.0. The highest BCUT2D eigenvalue weighted by molar-refractivity contribution is 7.47. The van der Waals surface area contributed by atoms with Crippen LogP contribution in [0.2, 0.25) is 0 Å². The van der Waals surface area contributed by atoms with Crippen molar-refractivity contribution >= 4 is 33.6 Å². The molecule has 4 N–H and O–H groups in total. The molecule has 0 amide bonds. The molecule has 0 radical (unpaired) electrons. The molecular weight excluding hydrogens is 1360 g/mol. The largest absolute Gasteiger partial charge is 0.472 e. The lowest BCUT2D eigenvalue weighted by Gasteiger charge is -2.21. The second kappa shape index (κ2) is 80.0. The number of rotatable bonds is 81. The van der Waals surface area contributed by atoms with Crippen LogP contribution >= 0.6 is 15.6 Å². The third kappa shape index (κ3) is 81.3. The van der Waals surface area contributed by atoms with E-state index < -0.39 is 91.5 Å². The quantitative estimate of drug-likeness (QED) is 0.0146. The van der Waals surface area contributed by atoms with Crippen LogP contribution in [-0.4, -0.2) is 95.9 Å². The number of hydrogen-bond donors (Lipinski definition) is 4. The number of carbonyl (C=O) groups is 3. The van der Waals surface area contributed by atoms with E-state index in [1.54, 1.807) is 0 Å². The summed E-state index contributed by atoms with van der Waals surface area (Å²) in [5, 5.41) is 20.7. The first-order valence-electron chi connectivity index (χ1n) is 42.5. The molecule has 0 spiro atoms. The molecule has 16 nitrogen and oxygen atoms in total. The van der Waals surface area contributed by atoms with Crippen molar-refractivity contribution in [3.63, 3.8) is 0 Å². The molecule has 0 aliphatic rings. The Bertz CT molecular complexity index is 2300. The number of esters is 3. The van der Waals surface area contributed by atoms with Crippen LogP contribution < -0.4 is 0 Å². The van der Waals surface area contributed by atoms with Crippen molar-refractivity contribution < 1.29 is 75.8 Å². The van der Waals surface area contributed by atoms with Crippen LogP contribution in [0.15, 0.2) is 97.2 Å². The molecule has 5 unspecified atom stereocenters. The van der Waals surface area contributed by atoms with Gasteiger partial charge in [0.25, 0.3) is 0 Å². The van der Waals surface area contributed by atoms with Crippen molar-refractivity contribution in [3.8, 4) is 0 Å². The monoisotopic (exact) mass is 1520 g/mol. The van der Waals surface area contributed by atoms with Gasteiger partial charge in [0.2, 0.25) is 0 Å². The van der Waals surface area contributed by atoms with E-state index in [1.807, 2.05) is 0 Å². The fourth-order valence-corrected chi connectivity index (χ4v) is 13.4. The molecule has 0 aromatic rings. The van der Waals surface area contributed by atoms with E-state index in [-0.39, 0.29) is 19.3 Å². The van der Waals surface area contributed by atoms with Crippen LogP contribution in [0.5, 0.6) is 0 Å². The van der Waals surface area contributed by atoms with Gasteiger partial charge in [-0.2, -0.15) is 0 Å². The maximum Gasteiger partial charge on any atom is 0.472 e. The summed E-state index contributed by atoms with van der Waals surface area (Å²) in [6.45, 7) is 2.68.